The zero-order valence-electron chi connectivity index (χ0n) is 15.5. The molecule has 0 saturated carbocycles. The fourth-order valence-corrected chi connectivity index (χ4v) is 3.64. The molecule has 2 aromatic heterocycles. The molecule has 0 aliphatic heterocycles. The average Bonchev–Trinajstić information content (AvgIpc) is 2.94. The molecule has 0 amide bonds. The normalized spacial score (nSPS) is 16.3. The lowest BCUT2D eigenvalue weighted by molar-refractivity contribution is -0.384. The Hall–Kier alpha value is -4.12. The van der Waals surface area contributed by atoms with Gasteiger partial charge >= 0.3 is 0 Å². The van der Waals surface area contributed by atoms with Gasteiger partial charge in [-0.1, -0.05) is 12.2 Å². The lowest BCUT2D eigenvalue weighted by Crippen LogP contribution is -2.30. The van der Waals surface area contributed by atoms with E-state index in [1.807, 2.05) is 29.8 Å². The van der Waals surface area contributed by atoms with Crippen molar-refractivity contribution in [3.05, 3.63) is 78.8 Å². The number of nitrogens with zero attached hydrogens (tertiary/aromatic N) is 4. The predicted molar refractivity (Wildman–Crippen MR) is 108 cm³/mol. The minimum atomic E-state index is -0.507. The van der Waals surface area contributed by atoms with Crippen LogP contribution < -0.4 is 16.1 Å². The number of nitro groups is 1. The molecule has 4 rings (SSSR count). The van der Waals surface area contributed by atoms with Crippen LogP contribution in [0.15, 0.2) is 47.0 Å². The molecule has 1 N–H and O–H groups in total. The molecule has 0 fully saturated rings. The summed E-state index contributed by atoms with van der Waals surface area (Å²) in [7, 11) is 1.83. The molecule has 1 aliphatic carbocycles. The van der Waals surface area contributed by atoms with E-state index in [-0.39, 0.29) is 17.0 Å². The van der Waals surface area contributed by atoms with E-state index in [0.717, 1.165) is 10.6 Å². The number of nitriles is 1. The van der Waals surface area contributed by atoms with E-state index in [4.69, 9.17) is 0 Å². The minimum Gasteiger partial charge on any atom is -0.512 e. The Labute approximate surface area is 164 Å². The van der Waals surface area contributed by atoms with Crippen LogP contribution in [0.25, 0.3) is 28.9 Å². The third kappa shape index (κ3) is 2.89. The van der Waals surface area contributed by atoms with Crippen molar-refractivity contribution < 1.29 is 10.0 Å². The summed E-state index contributed by atoms with van der Waals surface area (Å²) in [4.78, 5) is 23.5. The van der Waals surface area contributed by atoms with Gasteiger partial charge in [-0.2, -0.15) is 5.26 Å². The van der Waals surface area contributed by atoms with E-state index >= 15 is 0 Å². The van der Waals surface area contributed by atoms with Crippen LogP contribution in [0, 0.1) is 21.4 Å². The van der Waals surface area contributed by atoms with Gasteiger partial charge in [0.25, 0.3) is 11.2 Å². The molecule has 8 heteroatoms. The number of non-ortho nitro benzene ring substituents is 1. The number of allylic oxidation sites excluding steroid dienone is 2. The molecule has 2 heterocycles. The zero-order chi connectivity index (χ0) is 20.7. The van der Waals surface area contributed by atoms with E-state index in [1.54, 1.807) is 12.1 Å². The third-order valence-electron chi connectivity index (χ3n) is 5.05. The highest BCUT2D eigenvalue weighted by molar-refractivity contribution is 5.82. The maximum Gasteiger partial charge on any atom is 0.273 e. The number of rotatable bonds is 2. The average molecular weight is 388 g/mol. The summed E-state index contributed by atoms with van der Waals surface area (Å²) in [5.74, 6) is 0.266. The molecule has 0 unspecified atom stereocenters. The second kappa shape index (κ2) is 6.80. The second-order valence-corrected chi connectivity index (χ2v) is 6.72. The molecular formula is C21H16N4O4. The van der Waals surface area contributed by atoms with Crippen LogP contribution in [0.3, 0.4) is 0 Å². The van der Waals surface area contributed by atoms with Gasteiger partial charge in [0.1, 0.15) is 11.6 Å². The zero-order valence-corrected chi connectivity index (χ0v) is 15.5. The summed E-state index contributed by atoms with van der Waals surface area (Å²) < 4.78 is 3.30. The molecule has 1 aromatic carbocycles. The van der Waals surface area contributed by atoms with Crippen molar-refractivity contribution in [3.8, 4) is 11.8 Å². The molecule has 1 aliphatic rings. The van der Waals surface area contributed by atoms with E-state index in [1.165, 1.54) is 28.8 Å². The molecule has 29 heavy (non-hydrogen) atoms. The number of aromatic nitrogens is 2. The molecule has 3 aromatic rings. The number of nitro benzene ring substituents is 1. The standard InChI is InChI=1S/C21H16N4O4/c1-23-18-10-9-16(26)3-2-4-17(18)20-19(23)11-13(12-22)21(27)24(20)14-5-7-15(8-6-14)25(28)29/h3-8,10-11,26H,2,9H2,1H3/b16-3+,17-4+,18-10?. The lowest BCUT2D eigenvalue weighted by Gasteiger charge is -2.09. The quantitative estimate of drug-likeness (QED) is 0.532. The van der Waals surface area contributed by atoms with Crippen molar-refractivity contribution in [1.82, 2.24) is 9.13 Å². The van der Waals surface area contributed by atoms with Crippen molar-refractivity contribution in [2.45, 2.75) is 12.8 Å². The van der Waals surface area contributed by atoms with Crippen LogP contribution in [0.2, 0.25) is 0 Å². The lowest BCUT2D eigenvalue weighted by atomic mass is 10.1. The molecule has 144 valence electrons. The number of hydrogen-bond donors (Lipinski definition) is 1. The van der Waals surface area contributed by atoms with Gasteiger partial charge in [0.2, 0.25) is 0 Å². The highest BCUT2D eigenvalue weighted by Crippen LogP contribution is 2.18. The summed E-state index contributed by atoms with van der Waals surface area (Å²) in [5.41, 5.74) is 1.13. The monoisotopic (exact) mass is 388 g/mol. The molecular weight excluding hydrogens is 372 g/mol. The third-order valence-corrected chi connectivity index (χ3v) is 5.05. The Morgan fingerprint density at radius 2 is 1.93 bits per heavy atom. The SMILES string of the molecule is Cn1c2/c(c3c1cc(C#N)c(=O)n3-c1ccc([N+](=O)[O-])cc1)=C\C/C=C(/O)CC=2. The second-order valence-electron chi connectivity index (χ2n) is 6.72. The first-order valence-electron chi connectivity index (χ1n) is 8.90. The number of fused-ring (bicyclic) bond motifs is 3. The summed E-state index contributed by atoms with van der Waals surface area (Å²) in [5, 5.41) is 32.0. The summed E-state index contributed by atoms with van der Waals surface area (Å²) in [6, 6.07) is 9.15. The Morgan fingerprint density at radius 3 is 2.59 bits per heavy atom. The van der Waals surface area contributed by atoms with Crippen LogP contribution in [0.5, 0.6) is 0 Å². The van der Waals surface area contributed by atoms with Gasteiger partial charge in [0.05, 0.1) is 21.7 Å². The van der Waals surface area contributed by atoms with Crippen molar-refractivity contribution in [2.75, 3.05) is 0 Å². The van der Waals surface area contributed by atoms with Crippen LogP contribution in [0.1, 0.15) is 18.4 Å². The van der Waals surface area contributed by atoms with Gasteiger partial charge in [-0.05, 0) is 30.7 Å². The van der Waals surface area contributed by atoms with E-state index < -0.39 is 10.5 Å². The smallest absolute Gasteiger partial charge is 0.273 e. The maximum absolute atomic E-state index is 13.1. The molecule has 0 saturated heterocycles. The highest BCUT2D eigenvalue weighted by Gasteiger charge is 2.17. The molecule has 8 nitrogen and oxygen atoms in total. The largest absolute Gasteiger partial charge is 0.512 e. The molecule has 0 bridgehead atoms. The van der Waals surface area contributed by atoms with Gasteiger partial charge in [0.15, 0.2) is 0 Å². The fraction of sp³-hybridized carbons (Fsp3) is 0.143. The number of hydrogen-bond acceptors (Lipinski definition) is 5. The van der Waals surface area contributed by atoms with Crippen LogP contribution >= 0.6 is 0 Å². The van der Waals surface area contributed by atoms with Gasteiger partial charge in [-0.25, -0.2) is 0 Å². The topological polar surface area (TPSA) is 114 Å². The minimum absolute atomic E-state index is 0.0228. The summed E-state index contributed by atoms with van der Waals surface area (Å²) in [6.07, 6.45) is 6.33. The van der Waals surface area contributed by atoms with Crippen molar-refractivity contribution in [2.24, 2.45) is 7.05 Å². The highest BCUT2D eigenvalue weighted by atomic mass is 16.6. The number of aliphatic hydroxyl groups is 1. The number of aliphatic hydroxyl groups excluding tert-OH is 1. The van der Waals surface area contributed by atoms with E-state index in [9.17, 15) is 25.3 Å². The van der Waals surface area contributed by atoms with Gasteiger partial charge in [-0.3, -0.25) is 19.5 Å². The fourth-order valence-electron chi connectivity index (χ4n) is 3.64. The number of aryl methyl sites for hydroxylation is 1. The Balaban J connectivity index is 2.16. The van der Waals surface area contributed by atoms with Crippen LogP contribution in [-0.4, -0.2) is 19.2 Å². The Kier molecular flexibility index (Phi) is 4.28. The molecule has 0 atom stereocenters. The van der Waals surface area contributed by atoms with Gasteiger partial charge < -0.3 is 9.67 Å². The van der Waals surface area contributed by atoms with E-state index in [0.29, 0.717) is 29.6 Å². The van der Waals surface area contributed by atoms with Crippen molar-refractivity contribution >= 4 is 28.9 Å². The first-order chi connectivity index (χ1) is 13.9. The predicted octanol–water partition coefficient (Wildman–Crippen LogP) is 1.91. The van der Waals surface area contributed by atoms with E-state index in [2.05, 4.69) is 0 Å². The first kappa shape index (κ1) is 18.3. The molecule has 0 spiro atoms. The van der Waals surface area contributed by atoms with Crippen molar-refractivity contribution in [3.63, 3.8) is 0 Å². The summed E-state index contributed by atoms with van der Waals surface area (Å²) >= 11 is 0. The molecule has 0 radical (unpaired) electrons. The Morgan fingerprint density at radius 1 is 1.21 bits per heavy atom. The van der Waals surface area contributed by atoms with Gasteiger partial charge in [0, 0.05) is 41.9 Å². The maximum atomic E-state index is 13.1. The first-order valence-corrected chi connectivity index (χ1v) is 8.90. The van der Waals surface area contributed by atoms with Crippen LogP contribution in [0.4, 0.5) is 5.69 Å². The van der Waals surface area contributed by atoms with Crippen LogP contribution in [-0.2, 0) is 7.05 Å². The number of pyridine rings is 1. The number of benzene rings is 1. The van der Waals surface area contributed by atoms with Crippen molar-refractivity contribution in [1.29, 1.82) is 5.26 Å². The Bertz CT molecular complexity index is 1420. The summed E-state index contributed by atoms with van der Waals surface area (Å²) in [6.45, 7) is 0. The van der Waals surface area contributed by atoms with Gasteiger partial charge in [-0.15, -0.1) is 0 Å².